The average Bonchev–Trinajstić information content (AvgIpc) is 3.31. The van der Waals surface area contributed by atoms with Crippen molar-refractivity contribution in [3.63, 3.8) is 0 Å². The summed E-state index contributed by atoms with van der Waals surface area (Å²) in [4.78, 5) is 44.6. The Hall–Kier alpha value is -3.92. The van der Waals surface area contributed by atoms with Crippen LogP contribution in [0.5, 0.6) is 11.5 Å². The fraction of sp³-hybridized carbons (Fsp3) is 0.333. The highest BCUT2D eigenvalue weighted by atomic mass is 32.1. The smallest absolute Gasteiger partial charge is 0.283 e. The van der Waals surface area contributed by atoms with Crippen molar-refractivity contribution in [2.24, 2.45) is 4.99 Å². The summed E-state index contributed by atoms with van der Waals surface area (Å²) >= 11 is 1.24. The maximum Gasteiger partial charge on any atom is 0.283 e. The van der Waals surface area contributed by atoms with Crippen molar-refractivity contribution in [3.05, 3.63) is 75.0 Å². The predicted octanol–water partition coefficient (Wildman–Crippen LogP) is 3.03. The van der Waals surface area contributed by atoms with E-state index in [0.717, 1.165) is 12.0 Å². The van der Waals surface area contributed by atoms with E-state index in [4.69, 9.17) is 9.47 Å². The monoisotopic (exact) mass is 522 g/mol. The maximum absolute atomic E-state index is 13.6. The van der Waals surface area contributed by atoms with E-state index >= 15 is 0 Å². The molecule has 0 saturated heterocycles. The molecule has 1 aliphatic rings. The number of hydrogen-bond acceptors (Lipinski definition) is 6. The van der Waals surface area contributed by atoms with Gasteiger partial charge in [-0.25, -0.2) is 0 Å². The van der Waals surface area contributed by atoms with Crippen molar-refractivity contribution in [1.82, 2.24) is 14.8 Å². The molecule has 9 nitrogen and oxygen atoms in total. The molecule has 0 fully saturated rings. The van der Waals surface area contributed by atoms with Crippen LogP contribution in [0.15, 0.2) is 52.8 Å². The first-order valence-electron chi connectivity index (χ1n) is 12.0. The van der Waals surface area contributed by atoms with Gasteiger partial charge in [0.1, 0.15) is 17.2 Å². The molecule has 0 saturated carbocycles. The number of hydrogen-bond donors (Lipinski definition) is 1. The third-order valence-corrected chi connectivity index (χ3v) is 7.07. The number of aromatic nitrogens is 1. The summed E-state index contributed by atoms with van der Waals surface area (Å²) in [5.74, 6) is 0.202. The number of carbonyl (C=O) groups excluding carboxylic acids is 3. The van der Waals surface area contributed by atoms with Gasteiger partial charge in [0.05, 0.1) is 19.8 Å². The molecule has 4 rings (SSSR count). The van der Waals surface area contributed by atoms with Crippen LogP contribution in [0.25, 0.3) is 0 Å². The van der Waals surface area contributed by atoms with E-state index in [1.807, 2.05) is 23.1 Å². The molecular formula is C27H30N4O5S. The second-order valence-electron chi connectivity index (χ2n) is 8.62. The normalized spacial score (nSPS) is 13.2. The second kappa shape index (κ2) is 11.9. The Morgan fingerprint density at radius 2 is 1.86 bits per heavy atom. The summed E-state index contributed by atoms with van der Waals surface area (Å²) in [5, 5.41) is 4.52. The number of fused-ring (bicyclic) bond motifs is 1. The van der Waals surface area contributed by atoms with Crippen LogP contribution < -0.4 is 19.6 Å². The Bertz CT molecular complexity index is 1380. The summed E-state index contributed by atoms with van der Waals surface area (Å²) in [6.07, 6.45) is 1.37. The van der Waals surface area contributed by atoms with Crippen LogP contribution >= 0.6 is 11.3 Å². The molecule has 2 heterocycles. The molecule has 3 amide bonds. The SMILES string of the molecule is COc1ccc(C(=O)/N=c2\scc(C(=O)N3CCc4ccccc4C3)n2CCCNC(C)=O)c(OC)c1. The molecule has 0 atom stereocenters. The fourth-order valence-electron chi connectivity index (χ4n) is 4.26. The van der Waals surface area contributed by atoms with E-state index in [1.165, 1.54) is 38.0 Å². The predicted molar refractivity (Wildman–Crippen MR) is 140 cm³/mol. The van der Waals surface area contributed by atoms with Crippen LogP contribution in [-0.4, -0.2) is 54.5 Å². The van der Waals surface area contributed by atoms with E-state index in [1.54, 1.807) is 28.1 Å². The van der Waals surface area contributed by atoms with Crippen molar-refractivity contribution < 1.29 is 23.9 Å². The zero-order chi connectivity index (χ0) is 26.4. The van der Waals surface area contributed by atoms with Gasteiger partial charge in [-0.3, -0.25) is 14.4 Å². The molecule has 37 heavy (non-hydrogen) atoms. The van der Waals surface area contributed by atoms with Gasteiger partial charge in [0.15, 0.2) is 4.80 Å². The number of rotatable bonds is 8. The molecule has 0 aliphatic carbocycles. The summed E-state index contributed by atoms with van der Waals surface area (Å²) < 4.78 is 12.3. The number of nitrogens with zero attached hydrogens (tertiary/aromatic N) is 3. The Labute approximate surface area is 219 Å². The number of benzene rings is 2. The van der Waals surface area contributed by atoms with Crippen LogP contribution in [0.2, 0.25) is 0 Å². The van der Waals surface area contributed by atoms with E-state index in [0.29, 0.717) is 60.2 Å². The zero-order valence-corrected chi connectivity index (χ0v) is 22.0. The van der Waals surface area contributed by atoms with Crippen LogP contribution in [0.3, 0.4) is 0 Å². The number of methoxy groups -OCH3 is 2. The highest BCUT2D eigenvalue weighted by Gasteiger charge is 2.25. The van der Waals surface area contributed by atoms with Gasteiger partial charge in [-0.2, -0.15) is 4.99 Å². The van der Waals surface area contributed by atoms with Crippen molar-refractivity contribution in [3.8, 4) is 11.5 Å². The number of thiazole rings is 1. The quantitative estimate of drug-likeness (QED) is 0.458. The van der Waals surface area contributed by atoms with Crippen molar-refractivity contribution in [1.29, 1.82) is 0 Å². The molecule has 2 aromatic carbocycles. The Balaban J connectivity index is 1.65. The van der Waals surface area contributed by atoms with Crippen LogP contribution in [0.4, 0.5) is 0 Å². The van der Waals surface area contributed by atoms with Gasteiger partial charge in [0.2, 0.25) is 5.91 Å². The van der Waals surface area contributed by atoms with E-state index in [2.05, 4.69) is 16.4 Å². The topological polar surface area (TPSA) is 102 Å². The summed E-state index contributed by atoms with van der Waals surface area (Å²) in [6, 6.07) is 13.0. The van der Waals surface area contributed by atoms with Crippen molar-refractivity contribution in [2.45, 2.75) is 32.9 Å². The standard InChI is InChI=1S/C27H30N4O5S/c1-18(32)28-12-6-13-31-23(26(34)30-14-11-19-7-4-5-8-20(19)16-30)17-37-27(31)29-25(33)22-10-9-21(35-2)15-24(22)36-3/h4-5,7-10,15,17H,6,11-14,16H2,1-3H3,(H,28,32)/b29-27-. The molecule has 0 bridgehead atoms. The lowest BCUT2D eigenvalue weighted by Gasteiger charge is -2.29. The third-order valence-electron chi connectivity index (χ3n) is 6.20. The minimum atomic E-state index is -0.483. The molecule has 0 unspecified atom stereocenters. The highest BCUT2D eigenvalue weighted by molar-refractivity contribution is 7.07. The lowest BCUT2D eigenvalue weighted by atomic mass is 10.00. The molecule has 1 N–H and O–H groups in total. The lowest BCUT2D eigenvalue weighted by Crippen LogP contribution is -2.38. The van der Waals surface area contributed by atoms with Crippen LogP contribution in [-0.2, 0) is 24.3 Å². The molecule has 3 aromatic rings. The first kappa shape index (κ1) is 26.2. The van der Waals surface area contributed by atoms with Crippen LogP contribution in [0.1, 0.15) is 45.3 Å². The van der Waals surface area contributed by atoms with Gasteiger partial charge in [-0.05, 0) is 36.1 Å². The lowest BCUT2D eigenvalue weighted by molar-refractivity contribution is -0.118. The summed E-state index contributed by atoms with van der Waals surface area (Å²) in [5.41, 5.74) is 3.17. The molecule has 0 radical (unpaired) electrons. The Morgan fingerprint density at radius 1 is 1.08 bits per heavy atom. The molecular weight excluding hydrogens is 492 g/mol. The fourth-order valence-corrected chi connectivity index (χ4v) is 5.16. The summed E-state index contributed by atoms with van der Waals surface area (Å²) in [7, 11) is 3.02. The molecule has 194 valence electrons. The number of nitrogens with one attached hydrogen (secondary N) is 1. The van der Waals surface area contributed by atoms with Gasteiger partial charge in [-0.1, -0.05) is 24.3 Å². The van der Waals surface area contributed by atoms with Crippen molar-refractivity contribution >= 4 is 29.1 Å². The number of carbonyl (C=O) groups is 3. The summed E-state index contributed by atoms with van der Waals surface area (Å²) in [6.45, 7) is 3.48. The first-order valence-corrected chi connectivity index (χ1v) is 12.9. The molecule has 1 aromatic heterocycles. The zero-order valence-electron chi connectivity index (χ0n) is 21.2. The van der Waals surface area contributed by atoms with E-state index in [9.17, 15) is 14.4 Å². The minimum Gasteiger partial charge on any atom is -0.497 e. The Morgan fingerprint density at radius 3 is 2.59 bits per heavy atom. The Kier molecular flexibility index (Phi) is 8.39. The van der Waals surface area contributed by atoms with Crippen molar-refractivity contribution in [2.75, 3.05) is 27.3 Å². The van der Waals surface area contributed by atoms with Gasteiger partial charge in [0, 0.05) is 44.5 Å². The molecule has 1 aliphatic heterocycles. The van der Waals surface area contributed by atoms with Gasteiger partial charge in [0.25, 0.3) is 11.8 Å². The van der Waals surface area contributed by atoms with Crippen LogP contribution in [0, 0.1) is 0 Å². The average molecular weight is 523 g/mol. The highest BCUT2D eigenvalue weighted by Crippen LogP contribution is 2.25. The third kappa shape index (κ3) is 6.08. The van der Waals surface area contributed by atoms with E-state index < -0.39 is 5.91 Å². The second-order valence-corrected chi connectivity index (χ2v) is 9.46. The van der Waals surface area contributed by atoms with E-state index in [-0.39, 0.29) is 11.8 Å². The maximum atomic E-state index is 13.6. The largest absolute Gasteiger partial charge is 0.497 e. The first-order chi connectivity index (χ1) is 17.9. The molecule has 10 heteroatoms. The molecule has 0 spiro atoms. The minimum absolute atomic E-state index is 0.110. The van der Waals surface area contributed by atoms with Gasteiger partial charge >= 0.3 is 0 Å². The van der Waals surface area contributed by atoms with Gasteiger partial charge < -0.3 is 24.3 Å². The number of ether oxygens (including phenoxy) is 2. The number of amides is 3. The van der Waals surface area contributed by atoms with Gasteiger partial charge in [-0.15, -0.1) is 11.3 Å².